The van der Waals surface area contributed by atoms with Crippen molar-refractivity contribution < 1.29 is 9.59 Å². The molecular formula is C25H35ClN4O2. The second-order valence-electron chi connectivity index (χ2n) is 9.48. The van der Waals surface area contributed by atoms with E-state index in [1.54, 1.807) is 17.2 Å². The lowest BCUT2D eigenvalue weighted by Crippen LogP contribution is -2.47. The Kier molecular flexibility index (Phi) is 7.41. The third-order valence-corrected chi connectivity index (χ3v) is 7.62. The number of fused-ring (bicyclic) bond motifs is 1. The molecule has 0 saturated carbocycles. The minimum atomic E-state index is -0.103. The van der Waals surface area contributed by atoms with E-state index in [2.05, 4.69) is 16.9 Å². The van der Waals surface area contributed by atoms with Crippen LogP contribution in [0, 0.1) is 11.8 Å². The number of benzene rings is 1. The number of likely N-dealkylation sites (tertiary alicyclic amines) is 2. The number of amides is 2. The first-order valence-corrected chi connectivity index (χ1v) is 12.4. The van der Waals surface area contributed by atoms with Crippen molar-refractivity contribution in [2.24, 2.45) is 11.8 Å². The van der Waals surface area contributed by atoms with E-state index >= 15 is 0 Å². The molecule has 3 heterocycles. The molecule has 6 nitrogen and oxygen atoms in total. The Balaban J connectivity index is 1.35. The van der Waals surface area contributed by atoms with Crippen molar-refractivity contribution in [3.8, 4) is 0 Å². The first kappa shape index (κ1) is 23.1. The van der Waals surface area contributed by atoms with Gasteiger partial charge >= 0.3 is 0 Å². The summed E-state index contributed by atoms with van der Waals surface area (Å²) in [6.45, 7) is 6.77. The van der Waals surface area contributed by atoms with Crippen LogP contribution in [0.15, 0.2) is 24.4 Å². The van der Waals surface area contributed by atoms with Crippen LogP contribution in [0.3, 0.4) is 0 Å². The van der Waals surface area contributed by atoms with E-state index in [0.29, 0.717) is 17.1 Å². The Bertz CT molecular complexity index is 943. The molecule has 1 aromatic heterocycles. The number of hydrogen-bond donors (Lipinski definition) is 1. The van der Waals surface area contributed by atoms with E-state index in [0.717, 1.165) is 55.1 Å². The van der Waals surface area contributed by atoms with Crippen LogP contribution in [0.25, 0.3) is 10.9 Å². The number of nitrogens with zero attached hydrogens (tertiary/aromatic N) is 3. The molecule has 4 rings (SSSR count). The van der Waals surface area contributed by atoms with Gasteiger partial charge in [-0.05, 0) is 76.2 Å². The van der Waals surface area contributed by atoms with Gasteiger partial charge in [0.2, 0.25) is 5.91 Å². The summed E-state index contributed by atoms with van der Waals surface area (Å²) in [5, 5.41) is 1.54. The second-order valence-corrected chi connectivity index (χ2v) is 9.89. The Hall–Kier alpha value is -2.05. The van der Waals surface area contributed by atoms with Gasteiger partial charge in [0, 0.05) is 42.3 Å². The van der Waals surface area contributed by atoms with E-state index in [-0.39, 0.29) is 18.4 Å². The third-order valence-electron chi connectivity index (χ3n) is 7.31. The number of nitrogens with one attached hydrogen (secondary N) is 1. The van der Waals surface area contributed by atoms with Crippen molar-refractivity contribution >= 4 is 34.3 Å². The van der Waals surface area contributed by atoms with Gasteiger partial charge in [-0.25, -0.2) is 0 Å². The average molecular weight is 459 g/mol. The highest BCUT2D eigenvalue weighted by Gasteiger charge is 2.31. The van der Waals surface area contributed by atoms with E-state index in [4.69, 9.17) is 11.6 Å². The molecule has 2 aliphatic heterocycles. The number of H-pyrrole nitrogens is 1. The number of carbonyl (C=O) groups excluding carboxylic acids is 2. The van der Waals surface area contributed by atoms with Crippen LogP contribution in [0.2, 0.25) is 5.02 Å². The number of carbonyl (C=O) groups is 2. The van der Waals surface area contributed by atoms with Crippen LogP contribution in [0.5, 0.6) is 0 Å². The molecule has 0 unspecified atom stereocenters. The Morgan fingerprint density at radius 3 is 2.41 bits per heavy atom. The van der Waals surface area contributed by atoms with Crippen LogP contribution in [-0.4, -0.2) is 77.8 Å². The quantitative estimate of drug-likeness (QED) is 0.703. The summed E-state index contributed by atoms with van der Waals surface area (Å²) in [5.41, 5.74) is 1.41. The molecule has 0 atom stereocenters. The van der Waals surface area contributed by atoms with Crippen LogP contribution in [0.1, 0.15) is 49.4 Å². The fourth-order valence-electron chi connectivity index (χ4n) is 5.31. The van der Waals surface area contributed by atoms with Crippen molar-refractivity contribution in [2.75, 3.05) is 46.3 Å². The highest BCUT2D eigenvalue weighted by molar-refractivity contribution is 6.35. The molecule has 1 aromatic carbocycles. The highest BCUT2D eigenvalue weighted by Crippen LogP contribution is 2.32. The lowest BCUT2D eigenvalue weighted by Gasteiger charge is -2.39. The molecule has 0 radical (unpaired) electrons. The van der Waals surface area contributed by atoms with Gasteiger partial charge in [-0.15, -0.1) is 0 Å². The number of aromatic nitrogens is 1. The number of hydrogen-bond acceptors (Lipinski definition) is 3. The molecule has 2 aliphatic rings. The first-order chi connectivity index (χ1) is 15.5. The fourth-order valence-corrected chi connectivity index (χ4v) is 5.53. The summed E-state index contributed by atoms with van der Waals surface area (Å²) in [5.74, 6) is 1.50. The van der Waals surface area contributed by atoms with Crippen LogP contribution >= 0.6 is 11.6 Å². The second kappa shape index (κ2) is 10.3. The molecule has 0 bridgehead atoms. The van der Waals surface area contributed by atoms with Gasteiger partial charge < -0.3 is 19.7 Å². The SMILES string of the molecule is CCCN(CC(=O)N1CCC(C2CCN(C)CC2)CC1)C(=O)c1ccc2c(Cl)c[nH]c2c1. The molecular weight excluding hydrogens is 424 g/mol. The van der Waals surface area contributed by atoms with Crippen molar-refractivity contribution in [3.63, 3.8) is 0 Å². The van der Waals surface area contributed by atoms with Gasteiger partial charge in [0.15, 0.2) is 0 Å². The van der Waals surface area contributed by atoms with E-state index in [1.807, 2.05) is 24.0 Å². The lowest BCUT2D eigenvalue weighted by atomic mass is 9.79. The van der Waals surface area contributed by atoms with Gasteiger partial charge in [-0.1, -0.05) is 24.6 Å². The molecule has 2 saturated heterocycles. The summed E-state index contributed by atoms with van der Waals surface area (Å²) in [6, 6.07) is 5.48. The monoisotopic (exact) mass is 458 g/mol. The fraction of sp³-hybridized carbons (Fsp3) is 0.600. The van der Waals surface area contributed by atoms with E-state index in [9.17, 15) is 9.59 Å². The Morgan fingerprint density at radius 2 is 1.75 bits per heavy atom. The van der Waals surface area contributed by atoms with E-state index in [1.165, 1.54) is 25.9 Å². The zero-order valence-electron chi connectivity index (χ0n) is 19.3. The highest BCUT2D eigenvalue weighted by atomic mass is 35.5. The van der Waals surface area contributed by atoms with Gasteiger partial charge in [0.25, 0.3) is 5.91 Å². The predicted octanol–water partition coefficient (Wildman–Crippen LogP) is 4.25. The minimum absolute atomic E-state index is 0.0672. The maximum atomic E-state index is 13.2. The lowest BCUT2D eigenvalue weighted by molar-refractivity contribution is -0.133. The summed E-state index contributed by atoms with van der Waals surface area (Å²) in [7, 11) is 2.20. The maximum absolute atomic E-state index is 13.2. The smallest absolute Gasteiger partial charge is 0.254 e. The zero-order valence-corrected chi connectivity index (χ0v) is 20.0. The van der Waals surface area contributed by atoms with Gasteiger partial charge in [0.05, 0.1) is 5.02 Å². The van der Waals surface area contributed by atoms with E-state index < -0.39 is 0 Å². The molecule has 2 fully saturated rings. The molecule has 32 heavy (non-hydrogen) atoms. The Labute approximate surface area is 195 Å². The molecule has 0 aliphatic carbocycles. The van der Waals surface area contributed by atoms with Crippen LogP contribution in [0.4, 0.5) is 0 Å². The van der Waals surface area contributed by atoms with Gasteiger partial charge in [-0.2, -0.15) is 0 Å². The zero-order chi connectivity index (χ0) is 22.7. The van der Waals surface area contributed by atoms with Crippen molar-refractivity contribution in [2.45, 2.75) is 39.0 Å². The van der Waals surface area contributed by atoms with Gasteiger partial charge in [0.1, 0.15) is 6.54 Å². The normalized spacial score (nSPS) is 18.9. The molecule has 174 valence electrons. The van der Waals surface area contributed by atoms with Crippen LogP contribution < -0.4 is 0 Å². The summed E-state index contributed by atoms with van der Waals surface area (Å²) >= 11 is 6.16. The maximum Gasteiger partial charge on any atom is 0.254 e. The number of rotatable bonds is 6. The predicted molar refractivity (Wildman–Crippen MR) is 129 cm³/mol. The van der Waals surface area contributed by atoms with Crippen LogP contribution in [-0.2, 0) is 4.79 Å². The number of halogens is 1. The first-order valence-electron chi connectivity index (χ1n) is 12.0. The van der Waals surface area contributed by atoms with Gasteiger partial charge in [-0.3, -0.25) is 9.59 Å². The summed E-state index contributed by atoms with van der Waals surface area (Å²) in [6.07, 6.45) is 7.28. The van der Waals surface area contributed by atoms with Crippen molar-refractivity contribution in [3.05, 3.63) is 35.0 Å². The van der Waals surface area contributed by atoms with Crippen molar-refractivity contribution in [1.82, 2.24) is 19.7 Å². The average Bonchev–Trinajstić information content (AvgIpc) is 3.19. The molecule has 0 spiro atoms. The molecule has 2 amide bonds. The topological polar surface area (TPSA) is 59.7 Å². The summed E-state index contributed by atoms with van der Waals surface area (Å²) in [4.78, 5) is 35.4. The molecule has 2 aromatic rings. The number of aromatic amines is 1. The number of piperidine rings is 2. The van der Waals surface area contributed by atoms with Crippen molar-refractivity contribution in [1.29, 1.82) is 0 Å². The molecule has 1 N–H and O–H groups in total. The largest absolute Gasteiger partial charge is 0.360 e. The minimum Gasteiger partial charge on any atom is -0.360 e. The Morgan fingerprint density at radius 1 is 1.09 bits per heavy atom. The standard InChI is InChI=1S/C25H35ClN4O2/c1-3-10-30(25(32)20-4-5-21-22(26)16-27-23(21)15-20)17-24(31)29-13-8-19(9-14-29)18-6-11-28(2)12-7-18/h4-5,15-16,18-19,27H,3,6-14,17H2,1-2H3. The summed E-state index contributed by atoms with van der Waals surface area (Å²) < 4.78 is 0. The third kappa shape index (κ3) is 5.12. The molecule has 7 heteroatoms.